The van der Waals surface area contributed by atoms with E-state index in [1.807, 2.05) is 6.07 Å². The molecule has 0 saturated carbocycles. The standard InChI is InChI=1S/C15H19N5O3S/c1-22-14-5-4-11(7-17-14)20-10-18-19-15(20)24-9-13(21)16-8-12-3-2-6-23-12/h4-5,7,10,12H,2-3,6,8-9H2,1H3,(H,16,21). The maximum absolute atomic E-state index is 12.0. The molecular formula is C15H19N5O3S. The van der Waals surface area contributed by atoms with Gasteiger partial charge in [0.25, 0.3) is 0 Å². The molecule has 128 valence electrons. The van der Waals surface area contributed by atoms with Crippen LogP contribution in [0.1, 0.15) is 12.8 Å². The van der Waals surface area contributed by atoms with Crippen LogP contribution in [0.3, 0.4) is 0 Å². The second-order valence-corrected chi connectivity index (χ2v) is 6.21. The number of aromatic nitrogens is 4. The van der Waals surface area contributed by atoms with E-state index in [2.05, 4.69) is 20.5 Å². The van der Waals surface area contributed by atoms with E-state index in [0.717, 1.165) is 25.1 Å². The first-order valence-corrected chi connectivity index (χ1v) is 8.66. The molecule has 1 unspecified atom stereocenters. The molecule has 0 bridgehead atoms. The van der Waals surface area contributed by atoms with Gasteiger partial charge in [-0.3, -0.25) is 9.36 Å². The molecule has 8 nitrogen and oxygen atoms in total. The van der Waals surface area contributed by atoms with Gasteiger partial charge in [0, 0.05) is 19.2 Å². The van der Waals surface area contributed by atoms with Gasteiger partial charge in [-0.15, -0.1) is 10.2 Å². The van der Waals surface area contributed by atoms with Gasteiger partial charge < -0.3 is 14.8 Å². The monoisotopic (exact) mass is 349 g/mol. The zero-order valence-corrected chi connectivity index (χ0v) is 14.2. The Labute approximate surface area is 144 Å². The summed E-state index contributed by atoms with van der Waals surface area (Å²) in [5.41, 5.74) is 0.808. The average molecular weight is 349 g/mol. The average Bonchev–Trinajstić information content (AvgIpc) is 3.29. The third kappa shape index (κ3) is 4.24. The van der Waals surface area contributed by atoms with Gasteiger partial charge in [-0.1, -0.05) is 11.8 Å². The number of carbonyl (C=O) groups excluding carboxylic acids is 1. The number of hydrogen-bond donors (Lipinski definition) is 1. The van der Waals surface area contributed by atoms with Gasteiger partial charge in [0.2, 0.25) is 11.8 Å². The lowest BCUT2D eigenvalue weighted by molar-refractivity contribution is -0.119. The molecule has 1 amide bonds. The lowest BCUT2D eigenvalue weighted by atomic mass is 10.2. The van der Waals surface area contributed by atoms with Gasteiger partial charge in [-0.2, -0.15) is 0 Å². The summed E-state index contributed by atoms with van der Waals surface area (Å²) in [4.78, 5) is 16.1. The SMILES string of the molecule is COc1ccc(-n2cnnc2SCC(=O)NCC2CCCO2)cn1. The fourth-order valence-electron chi connectivity index (χ4n) is 2.35. The Kier molecular flexibility index (Phi) is 5.65. The third-order valence-corrected chi connectivity index (χ3v) is 4.55. The number of nitrogens with zero attached hydrogens (tertiary/aromatic N) is 4. The van der Waals surface area contributed by atoms with Crippen LogP contribution in [0, 0.1) is 0 Å². The Morgan fingerprint density at radius 1 is 1.54 bits per heavy atom. The third-order valence-electron chi connectivity index (χ3n) is 3.61. The molecule has 2 aromatic rings. The Morgan fingerprint density at radius 2 is 2.46 bits per heavy atom. The lowest BCUT2D eigenvalue weighted by Gasteiger charge is -2.10. The number of nitrogens with one attached hydrogen (secondary N) is 1. The van der Waals surface area contributed by atoms with E-state index in [-0.39, 0.29) is 17.8 Å². The number of thioether (sulfide) groups is 1. The Bertz CT molecular complexity index is 670. The van der Waals surface area contributed by atoms with Crippen LogP contribution in [0.4, 0.5) is 0 Å². The van der Waals surface area contributed by atoms with E-state index >= 15 is 0 Å². The van der Waals surface area contributed by atoms with Crippen molar-refractivity contribution in [1.29, 1.82) is 0 Å². The Balaban J connectivity index is 1.53. The van der Waals surface area contributed by atoms with E-state index < -0.39 is 0 Å². The van der Waals surface area contributed by atoms with Crippen LogP contribution in [0.5, 0.6) is 5.88 Å². The Morgan fingerprint density at radius 3 is 3.17 bits per heavy atom. The van der Waals surface area contributed by atoms with Crippen molar-refractivity contribution in [2.45, 2.75) is 24.1 Å². The maximum Gasteiger partial charge on any atom is 0.230 e. The van der Waals surface area contributed by atoms with Crippen LogP contribution in [0.25, 0.3) is 5.69 Å². The molecule has 0 aromatic carbocycles. The number of hydrogen-bond acceptors (Lipinski definition) is 7. The molecule has 0 radical (unpaired) electrons. The molecule has 0 spiro atoms. The molecule has 2 aromatic heterocycles. The fraction of sp³-hybridized carbons (Fsp3) is 0.467. The quantitative estimate of drug-likeness (QED) is 0.747. The summed E-state index contributed by atoms with van der Waals surface area (Å²) >= 11 is 1.33. The highest BCUT2D eigenvalue weighted by molar-refractivity contribution is 7.99. The molecule has 3 heterocycles. The number of rotatable bonds is 7. The first-order chi connectivity index (χ1) is 11.8. The molecule has 1 aliphatic heterocycles. The van der Waals surface area contributed by atoms with Crippen LogP contribution >= 0.6 is 11.8 Å². The van der Waals surface area contributed by atoms with Gasteiger partial charge >= 0.3 is 0 Å². The summed E-state index contributed by atoms with van der Waals surface area (Å²) in [6.45, 7) is 1.35. The summed E-state index contributed by atoms with van der Waals surface area (Å²) in [5.74, 6) is 0.766. The molecular weight excluding hydrogens is 330 g/mol. The van der Waals surface area contributed by atoms with Gasteiger partial charge in [0.05, 0.1) is 30.9 Å². The molecule has 3 rings (SSSR count). The smallest absolute Gasteiger partial charge is 0.230 e. The van der Waals surface area contributed by atoms with Crippen molar-refractivity contribution in [3.05, 3.63) is 24.7 Å². The zero-order valence-electron chi connectivity index (χ0n) is 13.3. The molecule has 1 saturated heterocycles. The first kappa shape index (κ1) is 16.7. The summed E-state index contributed by atoms with van der Waals surface area (Å²) in [5, 5.41) is 11.5. The minimum atomic E-state index is -0.0436. The largest absolute Gasteiger partial charge is 0.481 e. The molecule has 0 aliphatic carbocycles. The lowest BCUT2D eigenvalue weighted by Crippen LogP contribution is -2.32. The van der Waals surface area contributed by atoms with Crippen LogP contribution in [-0.2, 0) is 9.53 Å². The van der Waals surface area contributed by atoms with Crippen molar-refractivity contribution in [2.75, 3.05) is 26.0 Å². The molecule has 1 atom stereocenters. The second-order valence-electron chi connectivity index (χ2n) is 5.27. The number of carbonyl (C=O) groups is 1. The van der Waals surface area contributed by atoms with E-state index in [1.54, 1.807) is 30.3 Å². The number of ether oxygens (including phenoxy) is 2. The second kappa shape index (κ2) is 8.11. The molecule has 9 heteroatoms. The summed E-state index contributed by atoms with van der Waals surface area (Å²) in [7, 11) is 1.57. The minimum absolute atomic E-state index is 0.0436. The summed E-state index contributed by atoms with van der Waals surface area (Å²) in [6.07, 6.45) is 5.48. The topological polar surface area (TPSA) is 91.2 Å². The summed E-state index contributed by atoms with van der Waals surface area (Å²) in [6, 6.07) is 3.62. The van der Waals surface area contributed by atoms with Crippen molar-refractivity contribution in [3.8, 4) is 11.6 Å². The molecule has 1 fully saturated rings. The highest BCUT2D eigenvalue weighted by Crippen LogP contribution is 2.20. The van der Waals surface area contributed by atoms with Crippen molar-refractivity contribution >= 4 is 17.7 Å². The van der Waals surface area contributed by atoms with Crippen LogP contribution < -0.4 is 10.1 Å². The summed E-state index contributed by atoms with van der Waals surface area (Å²) < 4.78 is 12.3. The maximum atomic E-state index is 12.0. The van der Waals surface area contributed by atoms with E-state index in [4.69, 9.17) is 9.47 Å². The molecule has 24 heavy (non-hydrogen) atoms. The Hall–Kier alpha value is -2.13. The van der Waals surface area contributed by atoms with Gasteiger partial charge in [0.15, 0.2) is 5.16 Å². The van der Waals surface area contributed by atoms with Crippen molar-refractivity contribution in [1.82, 2.24) is 25.1 Å². The molecule has 1 aliphatic rings. The van der Waals surface area contributed by atoms with E-state index in [9.17, 15) is 4.79 Å². The van der Waals surface area contributed by atoms with Crippen molar-refractivity contribution in [2.24, 2.45) is 0 Å². The number of amides is 1. The highest BCUT2D eigenvalue weighted by Gasteiger charge is 2.16. The molecule has 1 N–H and O–H groups in total. The minimum Gasteiger partial charge on any atom is -0.481 e. The van der Waals surface area contributed by atoms with Gasteiger partial charge in [-0.25, -0.2) is 4.98 Å². The predicted octanol–water partition coefficient (Wildman–Crippen LogP) is 1.06. The van der Waals surface area contributed by atoms with Gasteiger partial charge in [-0.05, 0) is 18.9 Å². The van der Waals surface area contributed by atoms with Crippen LogP contribution in [0.15, 0.2) is 29.8 Å². The zero-order chi connectivity index (χ0) is 16.8. The number of pyridine rings is 1. The van der Waals surface area contributed by atoms with Gasteiger partial charge in [0.1, 0.15) is 6.33 Å². The van der Waals surface area contributed by atoms with E-state index in [1.165, 1.54) is 11.8 Å². The number of methoxy groups -OCH3 is 1. The van der Waals surface area contributed by atoms with Crippen molar-refractivity contribution in [3.63, 3.8) is 0 Å². The highest BCUT2D eigenvalue weighted by atomic mass is 32.2. The van der Waals surface area contributed by atoms with Crippen molar-refractivity contribution < 1.29 is 14.3 Å². The van der Waals surface area contributed by atoms with Crippen LogP contribution in [0.2, 0.25) is 0 Å². The fourth-order valence-corrected chi connectivity index (χ4v) is 3.11. The first-order valence-electron chi connectivity index (χ1n) is 7.68. The van der Waals surface area contributed by atoms with Crippen LogP contribution in [-0.4, -0.2) is 57.8 Å². The predicted molar refractivity (Wildman–Crippen MR) is 88.4 cm³/mol. The normalized spacial score (nSPS) is 17.0. The van der Waals surface area contributed by atoms with E-state index in [0.29, 0.717) is 17.6 Å².